The maximum atomic E-state index is 14.5. The summed E-state index contributed by atoms with van der Waals surface area (Å²) in [6, 6.07) is 29.5. The number of amides is 2. The molecule has 4 aromatic rings. The third kappa shape index (κ3) is 9.51. The summed E-state index contributed by atoms with van der Waals surface area (Å²) in [5.74, 6) is -0.784. The van der Waals surface area contributed by atoms with Crippen LogP contribution in [-0.2, 0) is 32.6 Å². The van der Waals surface area contributed by atoms with Crippen molar-refractivity contribution in [2.45, 2.75) is 50.6 Å². The minimum absolute atomic E-state index is 0.0680. The monoisotopic (exact) mass is 753 g/mol. The minimum Gasteiger partial charge on any atom is -0.354 e. The van der Waals surface area contributed by atoms with Crippen LogP contribution in [0.3, 0.4) is 0 Å². The van der Waals surface area contributed by atoms with Crippen molar-refractivity contribution in [3.8, 4) is 0 Å². The number of sulfonamides is 1. The van der Waals surface area contributed by atoms with Gasteiger partial charge in [-0.25, -0.2) is 8.42 Å². The summed E-state index contributed by atoms with van der Waals surface area (Å²) >= 11 is 6.91. The van der Waals surface area contributed by atoms with Crippen LogP contribution < -0.4 is 9.62 Å². The summed E-state index contributed by atoms with van der Waals surface area (Å²) < 4.78 is 30.9. The van der Waals surface area contributed by atoms with Gasteiger partial charge >= 0.3 is 0 Å². The normalized spacial score (nSPS) is 11.9. The highest BCUT2D eigenvalue weighted by atomic mass is 79.9. The second-order valence-electron chi connectivity index (χ2n) is 10.8. The smallest absolute Gasteiger partial charge is 0.264 e. The van der Waals surface area contributed by atoms with Crippen LogP contribution in [-0.4, -0.2) is 44.3 Å². The molecule has 0 spiro atoms. The largest absolute Gasteiger partial charge is 0.354 e. The van der Waals surface area contributed by atoms with Crippen molar-refractivity contribution in [1.29, 1.82) is 0 Å². The lowest BCUT2D eigenvalue weighted by atomic mass is 10.0. The van der Waals surface area contributed by atoms with Gasteiger partial charge in [0.25, 0.3) is 10.0 Å². The molecule has 0 bridgehead atoms. The molecular weight excluding hydrogens is 718 g/mol. The molecule has 0 saturated carbocycles. The molecule has 0 aliphatic carbocycles. The van der Waals surface area contributed by atoms with E-state index in [9.17, 15) is 18.0 Å². The highest BCUT2D eigenvalue weighted by Crippen LogP contribution is 2.27. The molecule has 1 atom stereocenters. The van der Waals surface area contributed by atoms with Crippen LogP contribution >= 0.6 is 31.9 Å². The first-order chi connectivity index (χ1) is 21.6. The van der Waals surface area contributed by atoms with Crippen molar-refractivity contribution in [2.24, 2.45) is 0 Å². The Balaban J connectivity index is 1.78. The van der Waals surface area contributed by atoms with E-state index >= 15 is 0 Å². The first-order valence-electron chi connectivity index (χ1n) is 14.8. The fourth-order valence-corrected chi connectivity index (χ4v) is 6.90. The lowest BCUT2D eigenvalue weighted by Gasteiger charge is -2.34. The van der Waals surface area contributed by atoms with E-state index in [-0.39, 0.29) is 23.8 Å². The number of benzene rings is 4. The Labute approximate surface area is 283 Å². The third-order valence-corrected chi connectivity index (χ3v) is 10.2. The van der Waals surface area contributed by atoms with E-state index in [4.69, 9.17) is 0 Å². The number of hydrogen-bond donors (Lipinski definition) is 1. The van der Waals surface area contributed by atoms with Gasteiger partial charge in [-0.15, -0.1) is 0 Å². The van der Waals surface area contributed by atoms with Crippen molar-refractivity contribution in [2.75, 3.05) is 17.4 Å². The molecule has 4 rings (SSSR count). The van der Waals surface area contributed by atoms with Crippen LogP contribution in [0.1, 0.15) is 36.5 Å². The topological polar surface area (TPSA) is 86.8 Å². The second-order valence-corrected chi connectivity index (χ2v) is 14.5. The Kier molecular flexibility index (Phi) is 12.4. The van der Waals surface area contributed by atoms with Gasteiger partial charge in [-0.1, -0.05) is 111 Å². The highest BCUT2D eigenvalue weighted by Gasteiger charge is 2.34. The minimum atomic E-state index is -4.16. The predicted molar refractivity (Wildman–Crippen MR) is 186 cm³/mol. The maximum Gasteiger partial charge on any atom is 0.264 e. The fraction of sp³-hybridized carbons (Fsp3) is 0.257. The fourth-order valence-electron chi connectivity index (χ4n) is 4.84. The number of aryl methyl sites for hydroxylation is 1. The Hall–Kier alpha value is -3.47. The van der Waals surface area contributed by atoms with E-state index in [0.717, 1.165) is 38.3 Å². The molecule has 0 radical (unpaired) electrons. The van der Waals surface area contributed by atoms with Gasteiger partial charge in [0.2, 0.25) is 11.8 Å². The number of hydrogen-bond acceptors (Lipinski definition) is 4. The van der Waals surface area contributed by atoms with Gasteiger partial charge in [-0.2, -0.15) is 0 Å². The Bertz CT molecular complexity index is 1680. The maximum absolute atomic E-state index is 14.5. The molecule has 4 aromatic carbocycles. The first-order valence-corrected chi connectivity index (χ1v) is 17.8. The zero-order chi connectivity index (χ0) is 32.4. The van der Waals surface area contributed by atoms with Gasteiger partial charge in [-0.05, 0) is 66.9 Å². The zero-order valence-electron chi connectivity index (χ0n) is 25.3. The van der Waals surface area contributed by atoms with Crippen LogP contribution in [0.5, 0.6) is 0 Å². The highest BCUT2D eigenvalue weighted by molar-refractivity contribution is 9.10. The van der Waals surface area contributed by atoms with Crippen LogP contribution in [0, 0.1) is 6.92 Å². The van der Waals surface area contributed by atoms with Gasteiger partial charge in [0.05, 0.1) is 10.6 Å². The average molecular weight is 756 g/mol. The second kappa shape index (κ2) is 16.2. The third-order valence-electron chi connectivity index (χ3n) is 7.35. The van der Waals surface area contributed by atoms with Gasteiger partial charge in [0, 0.05) is 28.5 Å². The molecule has 1 N–H and O–H groups in total. The summed E-state index contributed by atoms with van der Waals surface area (Å²) in [5, 5.41) is 3.01. The number of halogens is 2. The van der Waals surface area contributed by atoms with Crippen molar-refractivity contribution < 1.29 is 18.0 Å². The van der Waals surface area contributed by atoms with Crippen molar-refractivity contribution >= 4 is 59.4 Å². The SMILES string of the molecule is CCCCNC(=O)C(Cc1ccccc1)N(Cc1ccc(Br)cc1)C(=O)CN(c1cccc(Br)c1)S(=O)(=O)c1ccc(C)cc1. The van der Waals surface area contributed by atoms with E-state index in [1.807, 2.05) is 68.4 Å². The van der Waals surface area contributed by atoms with E-state index in [1.165, 1.54) is 4.90 Å². The van der Waals surface area contributed by atoms with Gasteiger partial charge in [-0.3, -0.25) is 13.9 Å². The van der Waals surface area contributed by atoms with E-state index in [0.29, 0.717) is 16.7 Å². The molecule has 1 unspecified atom stereocenters. The molecule has 0 saturated heterocycles. The van der Waals surface area contributed by atoms with Crippen LogP contribution in [0.2, 0.25) is 0 Å². The standard InChI is InChI=1S/C35H37Br2N3O4S/c1-3-4-21-38-35(42)33(22-27-9-6-5-7-10-27)39(24-28-15-17-29(36)18-16-28)34(41)25-40(31-12-8-11-30(37)23-31)45(43,44)32-19-13-26(2)14-20-32/h5-20,23,33H,3-4,21-22,24-25H2,1-2H3,(H,38,42). The van der Waals surface area contributed by atoms with Crippen molar-refractivity contribution in [3.05, 3.63) is 129 Å². The van der Waals surface area contributed by atoms with Crippen LogP contribution in [0.4, 0.5) is 5.69 Å². The van der Waals surface area contributed by atoms with Crippen LogP contribution in [0.25, 0.3) is 0 Å². The summed E-state index contributed by atoms with van der Waals surface area (Å²) in [6.07, 6.45) is 1.97. The number of nitrogens with zero attached hydrogens (tertiary/aromatic N) is 2. The molecule has 10 heteroatoms. The molecule has 0 aliphatic heterocycles. The number of nitrogens with one attached hydrogen (secondary N) is 1. The number of anilines is 1. The Morgan fingerprint density at radius 1 is 0.822 bits per heavy atom. The lowest BCUT2D eigenvalue weighted by molar-refractivity contribution is -0.140. The molecule has 0 heterocycles. The summed E-state index contributed by atoms with van der Waals surface area (Å²) in [5.41, 5.74) is 2.94. The number of carbonyl (C=O) groups excluding carboxylic acids is 2. The summed E-state index contributed by atoms with van der Waals surface area (Å²) in [4.78, 5) is 29.9. The average Bonchev–Trinajstić information content (AvgIpc) is 3.03. The van der Waals surface area contributed by atoms with E-state index < -0.39 is 28.5 Å². The number of carbonyl (C=O) groups is 2. The number of unbranched alkanes of at least 4 members (excludes halogenated alkanes) is 1. The molecule has 45 heavy (non-hydrogen) atoms. The molecule has 7 nitrogen and oxygen atoms in total. The molecule has 0 aliphatic rings. The molecule has 0 fully saturated rings. The molecule has 2 amide bonds. The first kappa shape index (κ1) is 34.4. The Morgan fingerprint density at radius 2 is 1.51 bits per heavy atom. The van der Waals surface area contributed by atoms with Gasteiger partial charge in [0.15, 0.2) is 0 Å². The molecule has 236 valence electrons. The predicted octanol–water partition coefficient (Wildman–Crippen LogP) is 7.27. The zero-order valence-corrected chi connectivity index (χ0v) is 29.3. The van der Waals surface area contributed by atoms with E-state index in [1.54, 1.807) is 48.5 Å². The van der Waals surface area contributed by atoms with Gasteiger partial charge in [0.1, 0.15) is 12.6 Å². The quantitative estimate of drug-likeness (QED) is 0.137. The number of rotatable bonds is 14. The lowest BCUT2D eigenvalue weighted by Crippen LogP contribution is -2.53. The van der Waals surface area contributed by atoms with Crippen LogP contribution in [0.15, 0.2) is 117 Å². The summed E-state index contributed by atoms with van der Waals surface area (Å²) in [6.45, 7) is 4.01. The van der Waals surface area contributed by atoms with E-state index in [2.05, 4.69) is 37.2 Å². The van der Waals surface area contributed by atoms with Crippen molar-refractivity contribution in [3.63, 3.8) is 0 Å². The molecule has 0 aromatic heterocycles. The summed E-state index contributed by atoms with van der Waals surface area (Å²) in [7, 11) is -4.16. The van der Waals surface area contributed by atoms with Crippen molar-refractivity contribution in [1.82, 2.24) is 10.2 Å². The Morgan fingerprint density at radius 3 is 2.16 bits per heavy atom. The van der Waals surface area contributed by atoms with Gasteiger partial charge < -0.3 is 10.2 Å². The molecular formula is C35H37Br2N3O4S.